The minimum absolute atomic E-state index is 0.178. The standard InChI is InChI=1S/C22H21N5O3/c1-14-7-9-15(10-8-14)18-11-21(30-26-18)25-20(28)13-27(2)12-19-23-17-6-4-3-5-16(17)22(29)24-19/h3-11H,12-13H2,1-2H3,(H,25,28)(H,23,24,29)/p+1. The number of aryl methyl sites for hydroxylation is 1. The maximum absolute atomic E-state index is 12.4. The molecule has 8 nitrogen and oxygen atoms in total. The fourth-order valence-electron chi connectivity index (χ4n) is 3.22. The van der Waals surface area contributed by atoms with Crippen molar-refractivity contribution in [1.82, 2.24) is 15.1 Å². The Hall–Kier alpha value is -3.78. The van der Waals surface area contributed by atoms with Gasteiger partial charge in [0, 0.05) is 11.6 Å². The number of aromatic nitrogens is 3. The molecule has 30 heavy (non-hydrogen) atoms. The maximum Gasteiger partial charge on any atom is 0.281 e. The summed E-state index contributed by atoms with van der Waals surface area (Å²) in [6, 6.07) is 16.8. The smallest absolute Gasteiger partial charge is 0.281 e. The number of nitrogens with zero attached hydrogens (tertiary/aromatic N) is 2. The topological polar surface area (TPSA) is 105 Å². The van der Waals surface area contributed by atoms with Crippen LogP contribution in [0.2, 0.25) is 0 Å². The SMILES string of the molecule is Cc1ccc(-c2cc(NC(=O)C[NH+](C)Cc3nc4ccccc4c(=O)[nH]3)on2)cc1. The highest BCUT2D eigenvalue weighted by atomic mass is 16.5. The Morgan fingerprint density at radius 2 is 1.93 bits per heavy atom. The quantitative estimate of drug-likeness (QED) is 0.452. The van der Waals surface area contributed by atoms with Crippen LogP contribution in [0.3, 0.4) is 0 Å². The fraction of sp³-hybridized carbons (Fsp3) is 0.182. The van der Waals surface area contributed by atoms with Crippen molar-refractivity contribution < 1.29 is 14.2 Å². The first kappa shape index (κ1) is 19.5. The van der Waals surface area contributed by atoms with Crippen LogP contribution in [0, 0.1) is 6.92 Å². The van der Waals surface area contributed by atoms with Crippen molar-refractivity contribution in [2.45, 2.75) is 13.5 Å². The van der Waals surface area contributed by atoms with E-state index < -0.39 is 0 Å². The van der Waals surface area contributed by atoms with Gasteiger partial charge in [0.15, 0.2) is 12.4 Å². The minimum atomic E-state index is -0.220. The van der Waals surface area contributed by atoms with Crippen LogP contribution >= 0.6 is 0 Å². The normalized spacial score (nSPS) is 12.1. The van der Waals surface area contributed by atoms with Gasteiger partial charge >= 0.3 is 0 Å². The molecule has 152 valence electrons. The van der Waals surface area contributed by atoms with E-state index in [1.54, 1.807) is 24.3 Å². The zero-order valence-corrected chi connectivity index (χ0v) is 16.7. The van der Waals surface area contributed by atoms with Gasteiger partial charge in [-0.25, -0.2) is 4.98 Å². The number of anilines is 1. The minimum Gasteiger partial charge on any atom is -0.338 e. The van der Waals surface area contributed by atoms with Crippen molar-refractivity contribution in [2.24, 2.45) is 0 Å². The van der Waals surface area contributed by atoms with Gasteiger partial charge < -0.3 is 14.4 Å². The van der Waals surface area contributed by atoms with E-state index in [4.69, 9.17) is 4.52 Å². The predicted molar refractivity (Wildman–Crippen MR) is 113 cm³/mol. The number of likely N-dealkylation sites (N-methyl/N-ethyl adjacent to an activating group) is 1. The molecule has 0 bridgehead atoms. The third kappa shape index (κ3) is 4.44. The number of quaternary nitrogens is 1. The molecule has 0 radical (unpaired) electrons. The van der Waals surface area contributed by atoms with Crippen LogP contribution in [-0.4, -0.2) is 34.6 Å². The zero-order valence-electron chi connectivity index (χ0n) is 16.7. The number of carbonyl (C=O) groups is 1. The average Bonchev–Trinajstić information content (AvgIpc) is 3.16. The van der Waals surface area contributed by atoms with Gasteiger partial charge in [-0.2, -0.15) is 0 Å². The van der Waals surface area contributed by atoms with E-state index in [2.05, 4.69) is 20.4 Å². The summed E-state index contributed by atoms with van der Waals surface area (Å²) in [7, 11) is 1.85. The number of carbonyl (C=O) groups excluding carboxylic acids is 1. The second kappa shape index (κ2) is 8.30. The lowest BCUT2D eigenvalue weighted by molar-refractivity contribution is -0.885. The molecular weight excluding hydrogens is 382 g/mol. The summed E-state index contributed by atoms with van der Waals surface area (Å²) in [4.78, 5) is 32.7. The summed E-state index contributed by atoms with van der Waals surface area (Å²) in [5, 5.41) is 7.28. The molecule has 1 atom stereocenters. The van der Waals surface area contributed by atoms with Crippen LogP contribution in [0.25, 0.3) is 22.2 Å². The Morgan fingerprint density at radius 3 is 2.73 bits per heavy atom. The van der Waals surface area contributed by atoms with Gasteiger partial charge in [-0.15, -0.1) is 0 Å². The summed E-state index contributed by atoms with van der Waals surface area (Å²) >= 11 is 0. The summed E-state index contributed by atoms with van der Waals surface area (Å²) in [6.45, 7) is 2.59. The highest BCUT2D eigenvalue weighted by Gasteiger charge is 2.15. The van der Waals surface area contributed by atoms with Crippen LogP contribution in [0.1, 0.15) is 11.4 Å². The summed E-state index contributed by atoms with van der Waals surface area (Å²) in [5.74, 6) is 0.605. The molecule has 4 rings (SSSR count). The lowest BCUT2D eigenvalue weighted by Gasteiger charge is -2.12. The molecule has 0 aliphatic heterocycles. The Balaban J connectivity index is 1.37. The molecule has 3 N–H and O–H groups in total. The lowest BCUT2D eigenvalue weighted by atomic mass is 10.1. The molecular formula is C22H22N5O3+. The average molecular weight is 404 g/mol. The number of amides is 1. The second-order valence-electron chi connectivity index (χ2n) is 7.33. The van der Waals surface area contributed by atoms with Crippen LogP contribution in [0.4, 0.5) is 5.88 Å². The van der Waals surface area contributed by atoms with E-state index in [0.29, 0.717) is 34.9 Å². The predicted octanol–water partition coefficient (Wildman–Crippen LogP) is 1.54. The third-order valence-electron chi connectivity index (χ3n) is 4.71. The van der Waals surface area contributed by atoms with Crippen molar-refractivity contribution >= 4 is 22.7 Å². The number of aromatic amines is 1. The monoisotopic (exact) mass is 404 g/mol. The van der Waals surface area contributed by atoms with Crippen LogP contribution in [0.15, 0.2) is 63.9 Å². The van der Waals surface area contributed by atoms with Crippen LogP contribution < -0.4 is 15.8 Å². The number of hydrogen-bond donors (Lipinski definition) is 3. The number of rotatable bonds is 6. The molecule has 0 fully saturated rings. The first-order valence-corrected chi connectivity index (χ1v) is 9.61. The van der Waals surface area contributed by atoms with Crippen molar-refractivity contribution in [3.05, 3.63) is 76.3 Å². The van der Waals surface area contributed by atoms with Crippen molar-refractivity contribution in [1.29, 1.82) is 0 Å². The molecule has 0 saturated carbocycles. The molecule has 0 aliphatic rings. The lowest BCUT2D eigenvalue weighted by Crippen LogP contribution is -3.08. The van der Waals surface area contributed by atoms with Gasteiger partial charge in [-0.1, -0.05) is 47.1 Å². The van der Waals surface area contributed by atoms with E-state index in [1.165, 1.54) is 0 Å². The van der Waals surface area contributed by atoms with Crippen LogP contribution in [-0.2, 0) is 11.3 Å². The van der Waals surface area contributed by atoms with E-state index >= 15 is 0 Å². The maximum atomic E-state index is 12.4. The van der Waals surface area contributed by atoms with Crippen molar-refractivity contribution in [2.75, 3.05) is 18.9 Å². The van der Waals surface area contributed by atoms with E-state index in [-0.39, 0.29) is 18.0 Å². The third-order valence-corrected chi connectivity index (χ3v) is 4.71. The number of fused-ring (bicyclic) bond motifs is 1. The van der Waals surface area contributed by atoms with Crippen molar-refractivity contribution in [3.8, 4) is 11.3 Å². The van der Waals surface area contributed by atoms with Gasteiger partial charge in [0.1, 0.15) is 12.2 Å². The molecule has 0 spiro atoms. The van der Waals surface area contributed by atoms with E-state index in [9.17, 15) is 9.59 Å². The van der Waals surface area contributed by atoms with Crippen LogP contribution in [0.5, 0.6) is 0 Å². The van der Waals surface area contributed by atoms with Gasteiger partial charge in [0.05, 0.1) is 18.0 Å². The molecule has 1 unspecified atom stereocenters. The van der Waals surface area contributed by atoms with Gasteiger partial charge in [0.2, 0.25) is 5.88 Å². The number of hydrogen-bond acceptors (Lipinski definition) is 5. The summed E-state index contributed by atoms with van der Waals surface area (Å²) in [6.07, 6.45) is 0. The summed E-state index contributed by atoms with van der Waals surface area (Å²) < 4.78 is 5.23. The van der Waals surface area contributed by atoms with E-state index in [0.717, 1.165) is 16.0 Å². The Labute approximate surface area is 172 Å². The molecule has 1 amide bonds. The number of benzene rings is 2. The largest absolute Gasteiger partial charge is 0.338 e. The van der Waals surface area contributed by atoms with Gasteiger partial charge in [-0.3, -0.25) is 14.9 Å². The fourth-order valence-corrected chi connectivity index (χ4v) is 3.22. The molecule has 0 aliphatic carbocycles. The number of nitrogens with one attached hydrogen (secondary N) is 3. The highest BCUT2D eigenvalue weighted by molar-refractivity contribution is 5.90. The molecule has 8 heteroatoms. The molecule has 2 aromatic heterocycles. The van der Waals surface area contributed by atoms with Gasteiger partial charge in [0.25, 0.3) is 11.5 Å². The summed E-state index contributed by atoms with van der Waals surface area (Å²) in [5.41, 5.74) is 3.18. The first-order valence-electron chi connectivity index (χ1n) is 9.61. The number of H-pyrrole nitrogens is 1. The first-order chi connectivity index (χ1) is 14.5. The van der Waals surface area contributed by atoms with Crippen molar-refractivity contribution in [3.63, 3.8) is 0 Å². The highest BCUT2D eigenvalue weighted by Crippen LogP contribution is 2.21. The van der Waals surface area contributed by atoms with E-state index in [1.807, 2.05) is 44.3 Å². The van der Waals surface area contributed by atoms with Gasteiger partial charge in [-0.05, 0) is 19.1 Å². The Morgan fingerprint density at radius 1 is 1.17 bits per heavy atom. The second-order valence-corrected chi connectivity index (χ2v) is 7.33. The Kier molecular flexibility index (Phi) is 5.40. The molecule has 2 aromatic carbocycles. The number of para-hydroxylation sites is 1. The zero-order chi connectivity index (χ0) is 21.1. The Bertz CT molecular complexity index is 1240. The molecule has 0 saturated heterocycles. The molecule has 4 aromatic rings. The molecule has 2 heterocycles.